The first kappa shape index (κ1) is 33.1. The van der Waals surface area contributed by atoms with Gasteiger partial charge in [-0.05, 0) is 73.1 Å². The first-order valence-electron chi connectivity index (χ1n) is 19.2. The van der Waals surface area contributed by atoms with Crippen molar-refractivity contribution in [2.75, 3.05) is 0 Å². The molecule has 11 aromatic rings. The molecule has 9 aromatic carbocycles. The van der Waals surface area contributed by atoms with E-state index in [4.69, 9.17) is 15.0 Å². The van der Waals surface area contributed by atoms with Gasteiger partial charge < -0.3 is 0 Å². The van der Waals surface area contributed by atoms with Crippen LogP contribution < -0.4 is 0 Å². The summed E-state index contributed by atoms with van der Waals surface area (Å²) in [7, 11) is 0. The Morgan fingerprint density at radius 1 is 0.281 bits per heavy atom. The summed E-state index contributed by atoms with van der Waals surface area (Å²) in [6.45, 7) is 0. The minimum absolute atomic E-state index is 0.652. The third-order valence-electron chi connectivity index (χ3n) is 11.0. The number of aromatic nitrogens is 3. The van der Waals surface area contributed by atoms with Gasteiger partial charge in [0, 0.05) is 36.9 Å². The van der Waals surface area contributed by atoms with Gasteiger partial charge in [0.05, 0.1) is 0 Å². The molecule has 0 atom stereocenters. The van der Waals surface area contributed by atoms with Crippen LogP contribution in [0.2, 0.25) is 0 Å². The summed E-state index contributed by atoms with van der Waals surface area (Å²) in [4.78, 5) is 15.5. The van der Waals surface area contributed by atoms with Crippen LogP contribution in [0.1, 0.15) is 0 Å². The summed E-state index contributed by atoms with van der Waals surface area (Å²) in [5.41, 5.74) is 10.1. The summed E-state index contributed by atoms with van der Waals surface area (Å²) in [6.07, 6.45) is 0. The zero-order valence-corrected chi connectivity index (χ0v) is 31.6. The molecule has 0 radical (unpaired) electrons. The summed E-state index contributed by atoms with van der Waals surface area (Å²) in [5.74, 6) is 1.98. The highest BCUT2D eigenvalue weighted by Gasteiger charge is 2.19. The largest absolute Gasteiger partial charge is 0.208 e. The highest BCUT2D eigenvalue weighted by molar-refractivity contribution is 7.26. The van der Waals surface area contributed by atoms with Crippen molar-refractivity contribution < 1.29 is 0 Å². The second-order valence-corrected chi connectivity index (χ2v) is 15.4. The molecule has 0 N–H and O–H groups in total. The first-order chi connectivity index (χ1) is 28.3. The van der Waals surface area contributed by atoms with Gasteiger partial charge in [0.25, 0.3) is 0 Å². The lowest BCUT2D eigenvalue weighted by Crippen LogP contribution is -2.01. The Bertz CT molecular complexity index is 3280. The molecular formula is C53H33N3S. The van der Waals surface area contributed by atoms with Crippen LogP contribution in [0.4, 0.5) is 0 Å². The fraction of sp³-hybridized carbons (Fsp3) is 0. The van der Waals surface area contributed by atoms with Crippen LogP contribution in [0.25, 0.3) is 109 Å². The van der Waals surface area contributed by atoms with E-state index < -0.39 is 0 Å². The van der Waals surface area contributed by atoms with Gasteiger partial charge in [-0.2, -0.15) is 0 Å². The molecule has 3 nitrogen and oxygen atoms in total. The topological polar surface area (TPSA) is 38.7 Å². The van der Waals surface area contributed by atoms with Crippen molar-refractivity contribution >= 4 is 53.1 Å². The maximum atomic E-state index is 5.26. The Hall–Kier alpha value is -7.27. The van der Waals surface area contributed by atoms with Gasteiger partial charge in [-0.1, -0.05) is 182 Å². The van der Waals surface area contributed by atoms with E-state index in [-0.39, 0.29) is 0 Å². The number of hydrogen-bond acceptors (Lipinski definition) is 4. The molecule has 2 heterocycles. The predicted molar refractivity (Wildman–Crippen MR) is 240 cm³/mol. The van der Waals surface area contributed by atoms with Gasteiger partial charge >= 0.3 is 0 Å². The van der Waals surface area contributed by atoms with Crippen molar-refractivity contribution in [3.8, 4) is 67.5 Å². The molecular weight excluding hydrogens is 711 g/mol. The lowest BCUT2D eigenvalue weighted by atomic mass is 9.88. The molecule has 0 fully saturated rings. The molecule has 266 valence electrons. The van der Waals surface area contributed by atoms with Crippen molar-refractivity contribution in [2.24, 2.45) is 0 Å². The maximum Gasteiger partial charge on any atom is 0.165 e. The van der Waals surface area contributed by atoms with Crippen LogP contribution in [-0.4, -0.2) is 15.0 Å². The Morgan fingerprint density at radius 3 is 1.58 bits per heavy atom. The van der Waals surface area contributed by atoms with Crippen LogP contribution in [0.15, 0.2) is 200 Å². The monoisotopic (exact) mass is 743 g/mol. The van der Waals surface area contributed by atoms with Crippen LogP contribution in [-0.2, 0) is 0 Å². The van der Waals surface area contributed by atoms with Crippen LogP contribution in [0.3, 0.4) is 0 Å². The molecule has 0 saturated carbocycles. The average molecular weight is 744 g/mol. The maximum absolute atomic E-state index is 5.26. The Kier molecular flexibility index (Phi) is 8.01. The van der Waals surface area contributed by atoms with E-state index in [9.17, 15) is 0 Å². The molecule has 57 heavy (non-hydrogen) atoms. The highest BCUT2D eigenvalue weighted by Crippen LogP contribution is 2.42. The fourth-order valence-corrected chi connectivity index (χ4v) is 9.47. The minimum Gasteiger partial charge on any atom is -0.208 e. The van der Waals surface area contributed by atoms with E-state index in [0.717, 1.165) is 38.6 Å². The van der Waals surface area contributed by atoms with Crippen molar-refractivity contribution in [1.29, 1.82) is 0 Å². The number of thiophene rings is 1. The molecule has 2 aromatic heterocycles. The van der Waals surface area contributed by atoms with Gasteiger partial charge in [-0.3, -0.25) is 0 Å². The number of nitrogens with zero attached hydrogens (tertiary/aromatic N) is 3. The van der Waals surface area contributed by atoms with Crippen molar-refractivity contribution in [2.45, 2.75) is 0 Å². The Morgan fingerprint density at radius 2 is 0.807 bits per heavy atom. The molecule has 0 aliphatic carbocycles. The molecule has 0 saturated heterocycles. The Balaban J connectivity index is 1.05. The standard InChI is InChI=1S/C53H33N3S/c1-3-14-34(15-4-1)41-31-30-35-16-7-8-19-40(35)49(41)37-28-26-36(27-29-37)39-32-33-46(43-21-10-9-20-42(39)43)52-54-51(38-17-5-2-6-18-38)55-53(56-52)47-24-13-23-45-44-22-11-12-25-48(44)57-50(45)47/h1-33H. The summed E-state index contributed by atoms with van der Waals surface area (Å²) >= 11 is 1.79. The number of fused-ring (bicyclic) bond motifs is 5. The number of hydrogen-bond donors (Lipinski definition) is 0. The van der Waals surface area contributed by atoms with E-state index >= 15 is 0 Å². The first-order valence-corrected chi connectivity index (χ1v) is 20.0. The van der Waals surface area contributed by atoms with Crippen LogP contribution >= 0.6 is 11.3 Å². The Labute approximate surface area is 334 Å². The average Bonchev–Trinajstić information content (AvgIpc) is 3.68. The smallest absolute Gasteiger partial charge is 0.165 e. The lowest BCUT2D eigenvalue weighted by Gasteiger charge is -2.16. The normalized spacial score (nSPS) is 11.5. The third kappa shape index (κ3) is 5.78. The van der Waals surface area contributed by atoms with E-state index in [2.05, 4.69) is 182 Å². The highest BCUT2D eigenvalue weighted by atomic mass is 32.1. The SMILES string of the molecule is c1ccc(-c2nc(-c3ccc(-c4ccc(-c5c(-c6ccccc6)ccc6ccccc56)cc4)c4ccccc34)nc(-c3cccc4c3sc3ccccc34)n2)cc1. The molecule has 0 unspecified atom stereocenters. The van der Waals surface area contributed by atoms with E-state index in [1.165, 1.54) is 53.2 Å². The van der Waals surface area contributed by atoms with E-state index in [1.54, 1.807) is 11.3 Å². The van der Waals surface area contributed by atoms with Crippen LogP contribution in [0.5, 0.6) is 0 Å². The third-order valence-corrected chi connectivity index (χ3v) is 12.2. The zero-order valence-electron chi connectivity index (χ0n) is 30.8. The molecule has 0 amide bonds. The van der Waals surface area contributed by atoms with Crippen LogP contribution in [0, 0.1) is 0 Å². The lowest BCUT2D eigenvalue weighted by molar-refractivity contribution is 1.08. The second-order valence-electron chi connectivity index (χ2n) is 14.3. The fourth-order valence-electron chi connectivity index (χ4n) is 8.26. The summed E-state index contributed by atoms with van der Waals surface area (Å²) in [5, 5.41) is 7.18. The van der Waals surface area contributed by atoms with E-state index in [0.29, 0.717) is 17.5 Å². The van der Waals surface area contributed by atoms with E-state index in [1.807, 2.05) is 18.2 Å². The van der Waals surface area contributed by atoms with Gasteiger partial charge in [0.15, 0.2) is 17.5 Å². The number of benzene rings is 9. The number of rotatable bonds is 6. The molecule has 0 bridgehead atoms. The quantitative estimate of drug-likeness (QED) is 0.170. The zero-order chi connectivity index (χ0) is 37.7. The van der Waals surface area contributed by atoms with Gasteiger partial charge in [0.1, 0.15) is 0 Å². The molecule has 0 aliphatic heterocycles. The van der Waals surface area contributed by atoms with Crippen molar-refractivity contribution in [3.05, 3.63) is 200 Å². The predicted octanol–water partition coefficient (Wildman–Crippen LogP) is 14.5. The van der Waals surface area contributed by atoms with Crippen molar-refractivity contribution in [1.82, 2.24) is 15.0 Å². The molecule has 11 rings (SSSR count). The van der Waals surface area contributed by atoms with Crippen molar-refractivity contribution in [3.63, 3.8) is 0 Å². The molecule has 0 spiro atoms. The minimum atomic E-state index is 0.652. The van der Waals surface area contributed by atoms with Gasteiger partial charge in [-0.15, -0.1) is 11.3 Å². The molecule has 4 heteroatoms. The second kappa shape index (κ2) is 13.8. The van der Waals surface area contributed by atoms with Gasteiger partial charge in [0.2, 0.25) is 0 Å². The summed E-state index contributed by atoms with van der Waals surface area (Å²) < 4.78 is 2.43. The summed E-state index contributed by atoms with van der Waals surface area (Å²) in [6, 6.07) is 71.1. The van der Waals surface area contributed by atoms with Gasteiger partial charge in [-0.25, -0.2) is 15.0 Å². The molecule has 0 aliphatic rings.